The third kappa shape index (κ3) is 6.25. The van der Waals surface area contributed by atoms with Crippen molar-refractivity contribution in [3.63, 3.8) is 0 Å². The molecule has 2 aromatic heterocycles. The summed E-state index contributed by atoms with van der Waals surface area (Å²) in [5.74, 6) is 0. The van der Waals surface area contributed by atoms with Gasteiger partial charge < -0.3 is 0 Å². The van der Waals surface area contributed by atoms with E-state index >= 15 is 0 Å². The first-order valence-corrected chi connectivity index (χ1v) is 23.1. The van der Waals surface area contributed by atoms with Gasteiger partial charge in [0.15, 0.2) is 0 Å². The molecule has 0 saturated heterocycles. The first-order valence-electron chi connectivity index (χ1n) is 22.3. The number of para-hydroxylation sites is 1. The van der Waals surface area contributed by atoms with Gasteiger partial charge in [-0.15, -0.1) is 11.3 Å². The van der Waals surface area contributed by atoms with Crippen LogP contribution in [0, 0.1) is 0 Å². The predicted molar refractivity (Wildman–Crippen MR) is 280 cm³/mol. The normalized spacial score (nSPS) is 11.7. The van der Waals surface area contributed by atoms with Gasteiger partial charge in [-0.1, -0.05) is 212 Å². The highest BCUT2D eigenvalue weighted by Crippen LogP contribution is 2.51. The number of aromatic nitrogens is 1. The van der Waals surface area contributed by atoms with Crippen LogP contribution in [0.3, 0.4) is 0 Å². The topological polar surface area (TPSA) is 12.9 Å². The molecule has 0 aliphatic heterocycles. The van der Waals surface area contributed by atoms with Gasteiger partial charge in [-0.05, 0) is 112 Å². The van der Waals surface area contributed by atoms with E-state index in [-0.39, 0.29) is 0 Å². The maximum atomic E-state index is 5.47. The average Bonchev–Trinajstić information content (AvgIpc) is 3.79. The maximum absolute atomic E-state index is 5.47. The third-order valence-corrected chi connectivity index (χ3v) is 14.5. The zero-order valence-corrected chi connectivity index (χ0v) is 36.2. The lowest BCUT2D eigenvalue weighted by Crippen LogP contribution is -1.92. The number of rotatable bonds is 6. The van der Waals surface area contributed by atoms with Crippen LogP contribution >= 0.6 is 11.3 Å². The molecule has 0 aliphatic rings. The molecule has 2 heterocycles. The van der Waals surface area contributed by atoms with Crippen molar-refractivity contribution in [1.29, 1.82) is 0 Å². The van der Waals surface area contributed by atoms with Crippen LogP contribution in [-0.4, -0.2) is 4.98 Å². The predicted octanol–water partition coefficient (Wildman–Crippen LogP) is 18.1. The van der Waals surface area contributed by atoms with Crippen molar-refractivity contribution >= 4 is 75.4 Å². The van der Waals surface area contributed by atoms with E-state index in [1.165, 1.54) is 108 Å². The number of thiophene rings is 1. The van der Waals surface area contributed by atoms with Crippen LogP contribution in [0.5, 0.6) is 0 Å². The highest BCUT2D eigenvalue weighted by molar-refractivity contribution is 7.24. The summed E-state index contributed by atoms with van der Waals surface area (Å²) in [7, 11) is 0. The fourth-order valence-electron chi connectivity index (χ4n) is 10.2. The molecular formula is C63H39NS. The van der Waals surface area contributed by atoms with E-state index in [1.54, 1.807) is 0 Å². The zero-order valence-electron chi connectivity index (χ0n) is 35.4. The van der Waals surface area contributed by atoms with Crippen molar-refractivity contribution in [3.05, 3.63) is 237 Å². The molecule has 0 amide bonds. The number of pyridine rings is 1. The second-order valence-corrected chi connectivity index (χ2v) is 18.0. The van der Waals surface area contributed by atoms with Gasteiger partial charge in [0, 0.05) is 31.5 Å². The molecule has 1 nitrogen and oxygen atoms in total. The lowest BCUT2D eigenvalue weighted by molar-refractivity contribution is 1.43. The lowest BCUT2D eigenvalue weighted by atomic mass is 9.84. The van der Waals surface area contributed by atoms with Crippen LogP contribution in [0.4, 0.5) is 0 Å². The minimum Gasteiger partial charge on any atom is -0.247 e. The monoisotopic (exact) mass is 841 g/mol. The molecule has 0 radical (unpaired) electrons. The van der Waals surface area contributed by atoms with Crippen LogP contribution < -0.4 is 0 Å². The molecule has 0 aliphatic carbocycles. The third-order valence-electron chi connectivity index (χ3n) is 13.2. The summed E-state index contributed by atoms with van der Waals surface area (Å²) in [5.41, 5.74) is 14.1. The van der Waals surface area contributed by atoms with E-state index in [2.05, 4.69) is 237 Å². The summed E-state index contributed by atoms with van der Waals surface area (Å²) >= 11 is 1.87. The van der Waals surface area contributed by atoms with Crippen LogP contribution in [-0.2, 0) is 0 Å². The quantitative estimate of drug-likeness (QED) is 0.152. The summed E-state index contributed by atoms with van der Waals surface area (Å²) in [6.45, 7) is 0. The molecule has 0 fully saturated rings. The number of fused-ring (bicyclic) bond motifs is 7. The van der Waals surface area contributed by atoms with E-state index in [0.717, 1.165) is 22.3 Å². The van der Waals surface area contributed by atoms with E-state index in [1.807, 2.05) is 11.3 Å². The molecule has 0 N–H and O–H groups in total. The number of nitrogens with zero attached hydrogens (tertiary/aromatic N) is 1. The first kappa shape index (κ1) is 37.4. The van der Waals surface area contributed by atoms with Crippen LogP contribution in [0.1, 0.15) is 0 Å². The Hall–Kier alpha value is -8.17. The Morgan fingerprint density at radius 2 is 0.754 bits per heavy atom. The van der Waals surface area contributed by atoms with Crippen LogP contribution in [0.25, 0.3) is 130 Å². The highest BCUT2D eigenvalue weighted by Gasteiger charge is 2.23. The Kier molecular flexibility index (Phi) is 8.79. The second-order valence-electron chi connectivity index (χ2n) is 17.0. The molecular weight excluding hydrogens is 803 g/mol. The summed E-state index contributed by atoms with van der Waals surface area (Å²) in [5, 5.41) is 12.3. The Morgan fingerprint density at radius 1 is 0.277 bits per heavy atom. The van der Waals surface area contributed by atoms with Gasteiger partial charge in [-0.25, -0.2) is 4.98 Å². The Morgan fingerprint density at radius 3 is 1.40 bits per heavy atom. The van der Waals surface area contributed by atoms with Crippen LogP contribution in [0.2, 0.25) is 0 Å². The fourth-order valence-corrected chi connectivity index (χ4v) is 11.5. The van der Waals surface area contributed by atoms with Crippen molar-refractivity contribution in [3.8, 4) is 66.2 Å². The summed E-state index contributed by atoms with van der Waals surface area (Å²) in [6, 6.07) is 86.6. The first-order chi connectivity index (χ1) is 32.2. The van der Waals surface area contributed by atoms with E-state index < -0.39 is 0 Å². The minimum atomic E-state index is 1.00. The molecule has 13 rings (SSSR count). The fraction of sp³-hybridized carbons (Fsp3) is 0. The molecule has 0 unspecified atom stereocenters. The van der Waals surface area contributed by atoms with Gasteiger partial charge in [-0.2, -0.15) is 0 Å². The molecule has 11 aromatic carbocycles. The van der Waals surface area contributed by atoms with E-state index in [4.69, 9.17) is 4.98 Å². The molecule has 0 saturated carbocycles. The molecule has 302 valence electrons. The molecule has 0 bridgehead atoms. The molecule has 65 heavy (non-hydrogen) atoms. The van der Waals surface area contributed by atoms with Crippen molar-refractivity contribution in [2.75, 3.05) is 0 Å². The lowest BCUT2D eigenvalue weighted by Gasteiger charge is -2.19. The molecule has 2 heteroatoms. The standard InChI is InChI=1S/C63H39NS/c1-3-17-43(18-4-1)59-60-61(64-56-26-14-13-25-54(56)63(60)65-62(59)45-19-5-2-6-20-45)44-31-27-42(28-32-44)48-35-36-53-55(39-48)58(50-34-30-41-16-8-10-22-47(41)38-50)52-24-12-11-23-51(52)57(53)49-33-29-40-15-7-9-21-46(40)37-49/h1-39H. The molecule has 13 aromatic rings. The molecule has 0 atom stereocenters. The number of hydrogen-bond acceptors (Lipinski definition) is 2. The summed E-state index contributed by atoms with van der Waals surface area (Å²) in [6.07, 6.45) is 0. The van der Waals surface area contributed by atoms with Crippen LogP contribution in [0.15, 0.2) is 237 Å². The summed E-state index contributed by atoms with van der Waals surface area (Å²) in [4.78, 5) is 6.73. The van der Waals surface area contributed by atoms with Gasteiger partial charge in [0.1, 0.15) is 0 Å². The van der Waals surface area contributed by atoms with E-state index in [0.29, 0.717) is 0 Å². The van der Waals surface area contributed by atoms with Crippen molar-refractivity contribution < 1.29 is 0 Å². The number of hydrogen-bond donors (Lipinski definition) is 0. The van der Waals surface area contributed by atoms with Gasteiger partial charge in [0.05, 0.1) is 11.2 Å². The minimum absolute atomic E-state index is 1.00. The van der Waals surface area contributed by atoms with Gasteiger partial charge in [0.25, 0.3) is 0 Å². The second kappa shape index (κ2) is 15.3. The maximum Gasteiger partial charge on any atom is 0.0803 e. The van der Waals surface area contributed by atoms with E-state index in [9.17, 15) is 0 Å². The van der Waals surface area contributed by atoms with Gasteiger partial charge in [-0.3, -0.25) is 0 Å². The molecule has 0 spiro atoms. The van der Waals surface area contributed by atoms with Gasteiger partial charge in [0.2, 0.25) is 0 Å². The zero-order chi connectivity index (χ0) is 42.8. The van der Waals surface area contributed by atoms with Crippen molar-refractivity contribution in [1.82, 2.24) is 4.98 Å². The average molecular weight is 842 g/mol. The Labute approximate surface area is 381 Å². The van der Waals surface area contributed by atoms with Gasteiger partial charge >= 0.3 is 0 Å². The SMILES string of the molecule is c1ccc(-c2sc3c(c(-c4ccc(-c5ccc6c(-c7ccc8ccccc8c7)c7ccccc7c(-c7ccc8ccccc8c7)c6c5)cc4)nc4ccccc43)c2-c2ccccc2)cc1. The highest BCUT2D eigenvalue weighted by atomic mass is 32.1. The van der Waals surface area contributed by atoms with Crippen molar-refractivity contribution in [2.24, 2.45) is 0 Å². The largest absolute Gasteiger partial charge is 0.247 e. The van der Waals surface area contributed by atoms with Crippen molar-refractivity contribution in [2.45, 2.75) is 0 Å². The number of benzene rings is 11. The Bertz CT molecular complexity index is 3980. The summed E-state index contributed by atoms with van der Waals surface area (Å²) < 4.78 is 1.26. The Balaban J connectivity index is 1.02. The smallest absolute Gasteiger partial charge is 0.0803 e.